The molecule has 7 atom stereocenters. The number of amides is 3. The molecule has 3 heterocycles. The van der Waals surface area contributed by atoms with Gasteiger partial charge in [0.2, 0.25) is 17.7 Å². The number of anilines is 1. The highest BCUT2D eigenvalue weighted by molar-refractivity contribution is 6.34. The Hall–Kier alpha value is -2.16. The van der Waals surface area contributed by atoms with Crippen molar-refractivity contribution in [2.24, 2.45) is 17.8 Å². The lowest BCUT2D eigenvalue weighted by atomic mass is 9.65. The number of likely N-dealkylation sites (tertiary alicyclic amines) is 1. The molecule has 204 valence electrons. The molecule has 3 fully saturated rings. The molecule has 3 aliphatic rings. The molecule has 4 rings (SSSR count). The predicted octanol–water partition coefficient (Wildman–Crippen LogP) is 3.67. The average molecular weight is 534 g/mol. The van der Waals surface area contributed by atoms with Gasteiger partial charge in [0, 0.05) is 6.54 Å². The molecule has 1 aromatic carbocycles. The van der Waals surface area contributed by atoms with E-state index < -0.39 is 41.0 Å². The summed E-state index contributed by atoms with van der Waals surface area (Å²) in [6.45, 7) is 9.98. The van der Waals surface area contributed by atoms with E-state index >= 15 is 0 Å². The van der Waals surface area contributed by atoms with Crippen molar-refractivity contribution in [3.8, 4) is 0 Å². The Labute approximate surface area is 224 Å². The predicted molar refractivity (Wildman–Crippen MR) is 142 cm³/mol. The highest BCUT2D eigenvalue weighted by Gasteiger charge is 2.79. The number of aliphatic hydroxyl groups excluding tert-OH is 1. The molecule has 0 radical (unpaired) electrons. The first kappa shape index (κ1) is 27.9. The van der Waals surface area contributed by atoms with Gasteiger partial charge in [-0.15, -0.1) is 0 Å². The van der Waals surface area contributed by atoms with Crippen LogP contribution in [0, 0.1) is 24.7 Å². The Bertz CT molecular complexity index is 1050. The Morgan fingerprint density at radius 3 is 2.57 bits per heavy atom. The lowest BCUT2D eigenvalue weighted by molar-refractivity contribution is -0.150. The highest BCUT2D eigenvalue weighted by atomic mass is 35.5. The van der Waals surface area contributed by atoms with E-state index in [9.17, 15) is 19.5 Å². The normalized spacial score (nSPS) is 31.8. The third-order valence-electron chi connectivity index (χ3n) is 9.01. The molecule has 9 heteroatoms. The van der Waals surface area contributed by atoms with Gasteiger partial charge in [0.25, 0.3) is 0 Å². The third kappa shape index (κ3) is 4.25. The van der Waals surface area contributed by atoms with Crippen LogP contribution in [0.3, 0.4) is 0 Å². The van der Waals surface area contributed by atoms with Gasteiger partial charge in [-0.25, -0.2) is 0 Å². The van der Waals surface area contributed by atoms with Gasteiger partial charge in [0.1, 0.15) is 11.6 Å². The molecule has 3 amide bonds. The number of hydrogen-bond donors (Lipinski definition) is 3. The fourth-order valence-corrected chi connectivity index (χ4v) is 7.13. The summed E-state index contributed by atoms with van der Waals surface area (Å²) in [5.41, 5.74) is -0.666. The van der Waals surface area contributed by atoms with Gasteiger partial charge in [0.05, 0.1) is 40.8 Å². The number of nitrogens with one attached hydrogen (secondary N) is 2. The lowest BCUT2D eigenvalue weighted by Crippen LogP contribution is -2.57. The maximum absolute atomic E-state index is 14.3. The monoisotopic (exact) mass is 533 g/mol. The summed E-state index contributed by atoms with van der Waals surface area (Å²) in [6.07, 6.45) is 3.13. The minimum Gasteiger partial charge on any atom is -0.394 e. The second-order valence-corrected chi connectivity index (χ2v) is 11.3. The smallest absolute Gasteiger partial charge is 0.250 e. The topological polar surface area (TPSA) is 108 Å². The molecule has 0 saturated carbocycles. The van der Waals surface area contributed by atoms with Crippen molar-refractivity contribution in [2.75, 3.05) is 18.5 Å². The second-order valence-electron chi connectivity index (χ2n) is 10.9. The molecule has 1 aromatic rings. The van der Waals surface area contributed by atoms with Crippen LogP contribution in [0.5, 0.6) is 0 Å². The van der Waals surface area contributed by atoms with Crippen molar-refractivity contribution in [3.63, 3.8) is 0 Å². The van der Waals surface area contributed by atoms with Crippen molar-refractivity contribution in [1.29, 1.82) is 0 Å². The number of rotatable bonds is 10. The standard InChI is InChI=1S/C28H40ClN3O5/c1-6-14-30-24(34)20-21-26(36)32(19(15-33)16(4)7-2)23(28(21)13-12-27(20,8-3)37-28)25(35)31-22-17(5)10-9-11-18(22)29/h9-11,16,19-21,23,33H,6-8,12-15H2,1-5H3,(H,30,34)(H,31,35)/t16-,19-,20+,21-,23?,27-,28?/m0/s1. The molecule has 3 aliphatic heterocycles. The number of nitrogens with zero attached hydrogens (tertiary/aromatic N) is 1. The summed E-state index contributed by atoms with van der Waals surface area (Å²) in [6, 6.07) is 3.79. The molecule has 2 unspecified atom stereocenters. The number of hydrogen-bond acceptors (Lipinski definition) is 5. The van der Waals surface area contributed by atoms with Crippen molar-refractivity contribution in [3.05, 3.63) is 28.8 Å². The van der Waals surface area contributed by atoms with Crippen molar-refractivity contribution < 1.29 is 24.2 Å². The zero-order valence-electron chi connectivity index (χ0n) is 22.5. The average Bonchev–Trinajstić information content (AvgIpc) is 3.49. The van der Waals surface area contributed by atoms with Crippen LogP contribution in [0.1, 0.15) is 65.4 Å². The molecular weight excluding hydrogens is 494 g/mol. The number of carbonyl (C=O) groups is 3. The number of ether oxygens (including phenoxy) is 1. The zero-order chi connectivity index (χ0) is 27.1. The number of carbonyl (C=O) groups excluding carboxylic acids is 3. The number of aliphatic hydroxyl groups is 1. The van der Waals surface area contributed by atoms with Gasteiger partial charge in [-0.3, -0.25) is 14.4 Å². The summed E-state index contributed by atoms with van der Waals surface area (Å²) in [4.78, 5) is 43.5. The minimum atomic E-state index is -1.15. The van der Waals surface area contributed by atoms with Crippen LogP contribution in [0.2, 0.25) is 5.02 Å². The van der Waals surface area contributed by atoms with Crippen molar-refractivity contribution in [1.82, 2.24) is 10.2 Å². The summed E-state index contributed by atoms with van der Waals surface area (Å²) in [5, 5.41) is 16.8. The molecule has 1 spiro atoms. The fourth-order valence-electron chi connectivity index (χ4n) is 6.87. The first-order valence-corrected chi connectivity index (χ1v) is 14.0. The Morgan fingerprint density at radius 1 is 1.24 bits per heavy atom. The zero-order valence-corrected chi connectivity index (χ0v) is 23.2. The maximum atomic E-state index is 14.3. The van der Waals surface area contributed by atoms with Crippen LogP contribution in [0.4, 0.5) is 5.69 Å². The Morgan fingerprint density at radius 2 is 1.97 bits per heavy atom. The largest absolute Gasteiger partial charge is 0.394 e. The summed E-state index contributed by atoms with van der Waals surface area (Å²) < 4.78 is 6.78. The van der Waals surface area contributed by atoms with Crippen LogP contribution in [-0.4, -0.2) is 64.2 Å². The summed E-state index contributed by atoms with van der Waals surface area (Å²) >= 11 is 6.43. The number of fused-ring (bicyclic) bond motifs is 1. The molecule has 0 aliphatic carbocycles. The van der Waals surface area contributed by atoms with Crippen molar-refractivity contribution >= 4 is 35.0 Å². The van der Waals surface area contributed by atoms with Crippen LogP contribution in [0.25, 0.3) is 0 Å². The minimum absolute atomic E-state index is 0.0637. The molecule has 3 N–H and O–H groups in total. The first-order chi connectivity index (χ1) is 17.6. The molecular formula is C28H40ClN3O5. The van der Waals surface area contributed by atoms with Crippen LogP contribution >= 0.6 is 11.6 Å². The SMILES string of the molecule is CCCNC(=O)[C@H]1[C@H]2C(=O)N([C@@H](CO)[C@@H](C)CC)C(C(=O)Nc3c(C)cccc3Cl)C23CC[C@]1(CC)O3. The molecule has 3 saturated heterocycles. The fraction of sp³-hybridized carbons (Fsp3) is 0.679. The van der Waals surface area contributed by atoms with Gasteiger partial charge in [-0.05, 0) is 50.2 Å². The van der Waals surface area contributed by atoms with E-state index in [-0.39, 0.29) is 24.3 Å². The van der Waals surface area contributed by atoms with E-state index in [1.807, 2.05) is 46.8 Å². The van der Waals surface area contributed by atoms with Crippen LogP contribution in [0.15, 0.2) is 18.2 Å². The summed E-state index contributed by atoms with van der Waals surface area (Å²) in [5.74, 6) is -2.44. The quantitative estimate of drug-likeness (QED) is 0.425. The molecule has 2 bridgehead atoms. The van der Waals surface area contributed by atoms with Crippen LogP contribution in [-0.2, 0) is 19.1 Å². The first-order valence-electron chi connectivity index (χ1n) is 13.6. The van der Waals surface area contributed by atoms with Gasteiger partial charge >= 0.3 is 0 Å². The van der Waals surface area contributed by atoms with Gasteiger partial charge < -0.3 is 25.4 Å². The van der Waals surface area contributed by atoms with Gasteiger partial charge in [-0.2, -0.15) is 0 Å². The van der Waals surface area contributed by atoms with Gasteiger partial charge in [-0.1, -0.05) is 57.8 Å². The third-order valence-corrected chi connectivity index (χ3v) is 9.33. The van der Waals surface area contributed by atoms with E-state index in [0.717, 1.165) is 12.0 Å². The number of halogens is 1. The summed E-state index contributed by atoms with van der Waals surface area (Å²) in [7, 11) is 0. The van der Waals surface area contributed by atoms with E-state index in [2.05, 4.69) is 10.6 Å². The van der Waals surface area contributed by atoms with E-state index in [0.29, 0.717) is 42.9 Å². The number of para-hydroxylation sites is 1. The Kier molecular flexibility index (Phi) is 7.94. The Balaban J connectivity index is 1.82. The number of benzene rings is 1. The van der Waals surface area contributed by atoms with E-state index in [4.69, 9.17) is 16.3 Å². The van der Waals surface area contributed by atoms with E-state index in [1.165, 1.54) is 4.90 Å². The van der Waals surface area contributed by atoms with E-state index in [1.54, 1.807) is 6.07 Å². The second kappa shape index (κ2) is 10.5. The lowest BCUT2D eigenvalue weighted by Gasteiger charge is -2.39. The van der Waals surface area contributed by atoms with Gasteiger partial charge in [0.15, 0.2) is 0 Å². The highest BCUT2D eigenvalue weighted by Crippen LogP contribution is 2.64. The van der Waals surface area contributed by atoms with Crippen LogP contribution < -0.4 is 10.6 Å². The molecule has 0 aromatic heterocycles. The number of aryl methyl sites for hydroxylation is 1. The molecule has 37 heavy (non-hydrogen) atoms. The van der Waals surface area contributed by atoms with Crippen molar-refractivity contribution in [2.45, 2.75) is 90.0 Å². The maximum Gasteiger partial charge on any atom is 0.250 e. The molecule has 8 nitrogen and oxygen atoms in total.